The zero-order valence-corrected chi connectivity index (χ0v) is 11.4. The highest BCUT2D eigenvalue weighted by molar-refractivity contribution is 5.99. The average molecular weight is 264 g/mol. The summed E-state index contributed by atoms with van der Waals surface area (Å²) in [5.41, 5.74) is 11.8. The Morgan fingerprint density at radius 3 is 2.42 bits per heavy atom. The van der Waals surface area contributed by atoms with E-state index in [0.717, 1.165) is 0 Å². The highest BCUT2D eigenvalue weighted by Crippen LogP contribution is 2.18. The fourth-order valence-electron chi connectivity index (χ4n) is 1.56. The van der Waals surface area contributed by atoms with Crippen LogP contribution in [-0.2, 0) is 4.79 Å². The number of primary amides is 1. The molecule has 0 saturated carbocycles. The van der Waals surface area contributed by atoms with Crippen LogP contribution >= 0.6 is 0 Å². The maximum Gasteiger partial charge on any atom is 0.250 e. The lowest BCUT2D eigenvalue weighted by atomic mass is 10.1. The summed E-state index contributed by atoms with van der Waals surface area (Å²) in [6.45, 7) is 5.71. The molecule has 0 aliphatic carbocycles. The summed E-state index contributed by atoms with van der Waals surface area (Å²) < 4.78 is 0. The molecule has 0 fully saturated rings. The second-order valence-electron chi connectivity index (χ2n) is 5.32. The molecule has 0 heterocycles. The van der Waals surface area contributed by atoms with Gasteiger partial charge in [0.25, 0.3) is 5.91 Å². The lowest BCUT2D eigenvalue weighted by molar-refractivity contribution is -0.120. The molecular formula is C13H20N4O2. The van der Waals surface area contributed by atoms with Crippen LogP contribution in [0.2, 0.25) is 0 Å². The Balaban J connectivity index is 2.75. The van der Waals surface area contributed by atoms with Crippen LogP contribution < -0.4 is 22.1 Å². The minimum atomic E-state index is -0.571. The van der Waals surface area contributed by atoms with Gasteiger partial charge in [-0.2, -0.15) is 0 Å². The van der Waals surface area contributed by atoms with Crippen molar-refractivity contribution in [2.75, 3.05) is 17.6 Å². The molecule has 0 aliphatic rings. The first kappa shape index (κ1) is 14.8. The van der Waals surface area contributed by atoms with E-state index in [-0.39, 0.29) is 18.0 Å². The van der Waals surface area contributed by atoms with Crippen LogP contribution in [0.1, 0.15) is 31.1 Å². The first-order chi connectivity index (χ1) is 8.69. The van der Waals surface area contributed by atoms with E-state index in [0.29, 0.717) is 16.9 Å². The van der Waals surface area contributed by atoms with Crippen molar-refractivity contribution in [1.29, 1.82) is 0 Å². The van der Waals surface area contributed by atoms with Crippen molar-refractivity contribution < 1.29 is 9.59 Å². The quantitative estimate of drug-likeness (QED) is 0.600. The zero-order chi connectivity index (χ0) is 14.6. The van der Waals surface area contributed by atoms with Gasteiger partial charge in [0.1, 0.15) is 0 Å². The number of anilines is 2. The monoisotopic (exact) mass is 264 g/mol. The third-order valence-electron chi connectivity index (χ3n) is 2.26. The maximum absolute atomic E-state index is 11.7. The van der Waals surface area contributed by atoms with Crippen molar-refractivity contribution in [2.24, 2.45) is 5.73 Å². The molecule has 0 bridgehead atoms. The summed E-state index contributed by atoms with van der Waals surface area (Å²) >= 11 is 0. The second-order valence-corrected chi connectivity index (χ2v) is 5.32. The van der Waals surface area contributed by atoms with Crippen molar-refractivity contribution in [2.45, 2.75) is 26.3 Å². The predicted molar refractivity (Wildman–Crippen MR) is 75.8 cm³/mol. The molecule has 6 heteroatoms. The smallest absolute Gasteiger partial charge is 0.250 e. The summed E-state index contributed by atoms with van der Waals surface area (Å²) in [4.78, 5) is 22.9. The molecule has 6 nitrogen and oxygen atoms in total. The molecule has 0 aliphatic heterocycles. The molecule has 1 rings (SSSR count). The largest absolute Gasteiger partial charge is 0.399 e. The number of nitrogen functional groups attached to an aromatic ring is 1. The van der Waals surface area contributed by atoms with E-state index < -0.39 is 5.91 Å². The number of hydrogen-bond donors (Lipinski definition) is 4. The van der Waals surface area contributed by atoms with Crippen molar-refractivity contribution in [3.8, 4) is 0 Å². The normalized spacial score (nSPS) is 10.9. The van der Waals surface area contributed by atoms with Crippen LogP contribution in [0.4, 0.5) is 11.4 Å². The summed E-state index contributed by atoms with van der Waals surface area (Å²) in [5.74, 6) is -0.746. The number of carbonyl (C=O) groups excluding carboxylic acids is 2. The van der Waals surface area contributed by atoms with Crippen LogP contribution in [0.25, 0.3) is 0 Å². The third kappa shape index (κ3) is 4.87. The van der Waals surface area contributed by atoms with Gasteiger partial charge in [-0.15, -0.1) is 0 Å². The Morgan fingerprint density at radius 1 is 1.26 bits per heavy atom. The van der Waals surface area contributed by atoms with Gasteiger partial charge in [0.2, 0.25) is 5.91 Å². The van der Waals surface area contributed by atoms with Crippen LogP contribution in [-0.4, -0.2) is 23.9 Å². The Kier molecular flexibility index (Phi) is 4.37. The van der Waals surface area contributed by atoms with E-state index in [1.54, 1.807) is 12.1 Å². The van der Waals surface area contributed by atoms with Crippen molar-refractivity contribution >= 4 is 23.2 Å². The van der Waals surface area contributed by atoms with Gasteiger partial charge in [-0.25, -0.2) is 0 Å². The molecule has 0 aromatic heterocycles. The molecule has 0 atom stereocenters. The third-order valence-corrected chi connectivity index (χ3v) is 2.26. The maximum atomic E-state index is 11.7. The van der Waals surface area contributed by atoms with E-state index in [9.17, 15) is 9.59 Å². The number of nitrogens with one attached hydrogen (secondary N) is 2. The van der Waals surface area contributed by atoms with E-state index in [4.69, 9.17) is 11.5 Å². The van der Waals surface area contributed by atoms with Gasteiger partial charge in [0.05, 0.1) is 12.1 Å². The predicted octanol–water partition coefficient (Wildman–Crippen LogP) is 0.694. The lowest BCUT2D eigenvalue weighted by Gasteiger charge is -2.21. The number of benzene rings is 1. The topological polar surface area (TPSA) is 110 Å². The van der Waals surface area contributed by atoms with Gasteiger partial charge in [0.15, 0.2) is 0 Å². The molecule has 104 valence electrons. The highest BCUT2D eigenvalue weighted by Gasteiger charge is 2.14. The molecule has 1 aromatic carbocycles. The van der Waals surface area contributed by atoms with Gasteiger partial charge < -0.3 is 22.1 Å². The van der Waals surface area contributed by atoms with Gasteiger partial charge in [-0.1, -0.05) is 0 Å². The zero-order valence-electron chi connectivity index (χ0n) is 11.4. The average Bonchev–Trinajstić information content (AvgIpc) is 2.23. The number of nitrogens with two attached hydrogens (primary N) is 2. The van der Waals surface area contributed by atoms with Gasteiger partial charge in [-0.3, -0.25) is 9.59 Å². The van der Waals surface area contributed by atoms with Crippen molar-refractivity contribution in [3.63, 3.8) is 0 Å². The molecule has 19 heavy (non-hydrogen) atoms. The molecule has 6 N–H and O–H groups in total. The van der Waals surface area contributed by atoms with Crippen LogP contribution in [0.3, 0.4) is 0 Å². The Bertz CT molecular complexity index is 492. The molecule has 1 aromatic rings. The van der Waals surface area contributed by atoms with E-state index in [1.807, 2.05) is 20.8 Å². The molecule has 0 saturated heterocycles. The SMILES string of the molecule is CC(C)(C)NC(=O)CNc1cc(N)ccc1C(N)=O. The van der Waals surface area contributed by atoms with E-state index in [2.05, 4.69) is 10.6 Å². The molecule has 0 unspecified atom stereocenters. The number of amides is 2. The van der Waals surface area contributed by atoms with Gasteiger partial charge >= 0.3 is 0 Å². The van der Waals surface area contributed by atoms with Gasteiger partial charge in [-0.05, 0) is 39.0 Å². The molecular weight excluding hydrogens is 244 g/mol. The first-order valence-corrected chi connectivity index (χ1v) is 5.93. The number of carbonyl (C=O) groups is 2. The minimum absolute atomic E-state index is 0.0427. The fourth-order valence-corrected chi connectivity index (χ4v) is 1.56. The fraction of sp³-hybridized carbons (Fsp3) is 0.385. The Labute approximate surface area is 112 Å². The van der Waals surface area contributed by atoms with Crippen LogP contribution in [0, 0.1) is 0 Å². The standard InChI is InChI=1S/C13H20N4O2/c1-13(2,3)17-11(18)7-16-10-6-8(14)4-5-9(10)12(15)19/h4-6,16H,7,14H2,1-3H3,(H2,15,19)(H,17,18). The summed E-state index contributed by atoms with van der Waals surface area (Å²) in [5, 5.41) is 5.67. The summed E-state index contributed by atoms with van der Waals surface area (Å²) in [6, 6.07) is 4.69. The minimum Gasteiger partial charge on any atom is -0.399 e. The van der Waals surface area contributed by atoms with E-state index in [1.165, 1.54) is 6.07 Å². The van der Waals surface area contributed by atoms with Crippen molar-refractivity contribution in [3.05, 3.63) is 23.8 Å². The number of hydrogen-bond acceptors (Lipinski definition) is 4. The second kappa shape index (κ2) is 5.60. The Hall–Kier alpha value is -2.24. The Morgan fingerprint density at radius 2 is 1.89 bits per heavy atom. The molecule has 0 spiro atoms. The van der Waals surface area contributed by atoms with Crippen LogP contribution in [0.15, 0.2) is 18.2 Å². The lowest BCUT2D eigenvalue weighted by Crippen LogP contribution is -2.43. The number of rotatable bonds is 4. The van der Waals surface area contributed by atoms with E-state index >= 15 is 0 Å². The molecule has 0 radical (unpaired) electrons. The van der Waals surface area contributed by atoms with Gasteiger partial charge in [0, 0.05) is 16.9 Å². The first-order valence-electron chi connectivity index (χ1n) is 5.93. The van der Waals surface area contributed by atoms with Crippen LogP contribution in [0.5, 0.6) is 0 Å². The van der Waals surface area contributed by atoms with Crippen molar-refractivity contribution in [1.82, 2.24) is 5.32 Å². The highest BCUT2D eigenvalue weighted by atomic mass is 16.2. The summed E-state index contributed by atoms with van der Waals surface area (Å²) in [6.07, 6.45) is 0. The molecule has 2 amide bonds. The summed E-state index contributed by atoms with van der Waals surface area (Å²) in [7, 11) is 0.